The van der Waals surface area contributed by atoms with Crippen LogP contribution in [0, 0.1) is 11.3 Å². The fraction of sp³-hybridized carbons (Fsp3) is 0.357. The van der Waals surface area contributed by atoms with E-state index in [2.05, 4.69) is 16.2 Å². The Bertz CT molecular complexity index is 569. The Morgan fingerprint density at radius 1 is 1.37 bits per heavy atom. The number of rotatable bonds is 5. The van der Waals surface area contributed by atoms with E-state index in [4.69, 9.17) is 14.5 Å². The third kappa shape index (κ3) is 3.10. The lowest BCUT2D eigenvalue weighted by Gasteiger charge is -2.01. The summed E-state index contributed by atoms with van der Waals surface area (Å²) in [5.41, 5.74) is 0.878. The SMILES string of the molecule is COc1ccc(-c2noc(C(C)CCC#N)n2)cc1. The van der Waals surface area contributed by atoms with Crippen LogP contribution in [-0.4, -0.2) is 17.3 Å². The Hall–Kier alpha value is -2.35. The van der Waals surface area contributed by atoms with Crippen LogP contribution < -0.4 is 4.74 Å². The van der Waals surface area contributed by atoms with Crippen molar-refractivity contribution in [3.8, 4) is 23.2 Å². The normalized spacial score (nSPS) is 11.8. The van der Waals surface area contributed by atoms with Gasteiger partial charge in [0.15, 0.2) is 0 Å². The van der Waals surface area contributed by atoms with Gasteiger partial charge in [0.25, 0.3) is 0 Å². The van der Waals surface area contributed by atoms with Crippen molar-refractivity contribution in [3.63, 3.8) is 0 Å². The van der Waals surface area contributed by atoms with Crippen molar-refractivity contribution >= 4 is 0 Å². The predicted molar refractivity (Wildman–Crippen MR) is 69.5 cm³/mol. The minimum absolute atomic E-state index is 0.0964. The van der Waals surface area contributed by atoms with Gasteiger partial charge in [0.05, 0.1) is 13.2 Å². The van der Waals surface area contributed by atoms with E-state index in [1.54, 1.807) is 7.11 Å². The van der Waals surface area contributed by atoms with Gasteiger partial charge in [-0.1, -0.05) is 12.1 Å². The van der Waals surface area contributed by atoms with E-state index in [-0.39, 0.29) is 5.92 Å². The van der Waals surface area contributed by atoms with Crippen LogP contribution in [-0.2, 0) is 0 Å². The van der Waals surface area contributed by atoms with Crippen LogP contribution in [0.3, 0.4) is 0 Å². The Balaban J connectivity index is 2.13. The monoisotopic (exact) mass is 257 g/mol. The van der Waals surface area contributed by atoms with Gasteiger partial charge in [0, 0.05) is 17.9 Å². The zero-order chi connectivity index (χ0) is 13.7. The van der Waals surface area contributed by atoms with E-state index in [0.717, 1.165) is 17.7 Å². The van der Waals surface area contributed by atoms with Gasteiger partial charge in [0.1, 0.15) is 5.75 Å². The Morgan fingerprint density at radius 3 is 2.74 bits per heavy atom. The van der Waals surface area contributed by atoms with Crippen LogP contribution >= 0.6 is 0 Å². The second kappa shape index (κ2) is 6.01. The number of nitrogens with zero attached hydrogens (tertiary/aromatic N) is 3. The van der Waals surface area contributed by atoms with E-state index in [0.29, 0.717) is 18.1 Å². The van der Waals surface area contributed by atoms with Crippen LogP contribution in [0.1, 0.15) is 31.6 Å². The second-order valence-electron chi connectivity index (χ2n) is 4.28. The Labute approximate surface area is 111 Å². The molecule has 0 aliphatic carbocycles. The molecule has 1 heterocycles. The molecular weight excluding hydrogens is 242 g/mol. The molecule has 0 fully saturated rings. The highest BCUT2D eigenvalue weighted by Gasteiger charge is 2.14. The summed E-state index contributed by atoms with van der Waals surface area (Å²) >= 11 is 0. The molecule has 0 radical (unpaired) electrons. The molecule has 0 amide bonds. The average molecular weight is 257 g/mol. The molecule has 2 aromatic rings. The molecule has 0 saturated carbocycles. The van der Waals surface area contributed by atoms with E-state index in [9.17, 15) is 0 Å². The van der Waals surface area contributed by atoms with Crippen molar-refractivity contribution in [2.24, 2.45) is 0 Å². The Kier molecular flexibility index (Phi) is 4.14. The molecule has 98 valence electrons. The van der Waals surface area contributed by atoms with Crippen molar-refractivity contribution in [1.29, 1.82) is 5.26 Å². The van der Waals surface area contributed by atoms with E-state index < -0.39 is 0 Å². The fourth-order valence-electron chi connectivity index (χ4n) is 1.70. The fourth-order valence-corrected chi connectivity index (χ4v) is 1.70. The van der Waals surface area contributed by atoms with Crippen LogP contribution in [0.2, 0.25) is 0 Å². The maximum atomic E-state index is 8.57. The molecule has 0 aliphatic heterocycles. The highest BCUT2D eigenvalue weighted by Crippen LogP contribution is 2.23. The molecule has 2 rings (SSSR count). The molecule has 0 spiro atoms. The number of benzene rings is 1. The number of hydrogen-bond donors (Lipinski definition) is 0. The summed E-state index contributed by atoms with van der Waals surface area (Å²) in [7, 11) is 1.62. The lowest BCUT2D eigenvalue weighted by atomic mass is 10.1. The molecule has 0 saturated heterocycles. The van der Waals surface area contributed by atoms with Crippen molar-refractivity contribution in [1.82, 2.24) is 10.1 Å². The first-order chi connectivity index (χ1) is 9.24. The summed E-state index contributed by atoms with van der Waals surface area (Å²) in [5, 5.41) is 12.5. The van der Waals surface area contributed by atoms with E-state index >= 15 is 0 Å². The molecular formula is C14H15N3O2. The quantitative estimate of drug-likeness (QED) is 0.822. The summed E-state index contributed by atoms with van der Waals surface area (Å²) in [6.07, 6.45) is 1.21. The molecule has 1 aromatic heterocycles. The van der Waals surface area contributed by atoms with Crippen LogP contribution in [0.4, 0.5) is 0 Å². The smallest absolute Gasteiger partial charge is 0.229 e. The lowest BCUT2D eigenvalue weighted by Crippen LogP contribution is -1.93. The van der Waals surface area contributed by atoms with Crippen LogP contribution in [0.15, 0.2) is 28.8 Å². The number of aromatic nitrogens is 2. The van der Waals surface area contributed by atoms with Crippen LogP contribution in [0.25, 0.3) is 11.4 Å². The second-order valence-corrected chi connectivity index (χ2v) is 4.28. The van der Waals surface area contributed by atoms with Gasteiger partial charge in [-0.15, -0.1) is 0 Å². The average Bonchev–Trinajstić information content (AvgIpc) is 2.94. The largest absolute Gasteiger partial charge is 0.497 e. The molecule has 1 unspecified atom stereocenters. The first kappa shape index (κ1) is 13.1. The van der Waals surface area contributed by atoms with Crippen molar-refractivity contribution < 1.29 is 9.26 Å². The van der Waals surface area contributed by atoms with Crippen molar-refractivity contribution in [3.05, 3.63) is 30.2 Å². The van der Waals surface area contributed by atoms with E-state index in [1.807, 2.05) is 31.2 Å². The third-order valence-corrected chi connectivity index (χ3v) is 2.90. The van der Waals surface area contributed by atoms with Crippen molar-refractivity contribution in [2.75, 3.05) is 7.11 Å². The van der Waals surface area contributed by atoms with Crippen molar-refractivity contribution in [2.45, 2.75) is 25.7 Å². The standard InChI is InChI=1S/C14H15N3O2/c1-10(4-3-9-15)14-16-13(17-19-14)11-5-7-12(18-2)8-6-11/h5-8,10H,3-4H2,1-2H3. The summed E-state index contributed by atoms with van der Waals surface area (Å²) in [4.78, 5) is 4.36. The lowest BCUT2D eigenvalue weighted by molar-refractivity contribution is 0.355. The summed E-state index contributed by atoms with van der Waals surface area (Å²) in [5.74, 6) is 2.01. The number of hydrogen-bond acceptors (Lipinski definition) is 5. The number of ether oxygens (including phenoxy) is 1. The summed E-state index contributed by atoms with van der Waals surface area (Å²) < 4.78 is 10.3. The zero-order valence-electron chi connectivity index (χ0n) is 11.0. The molecule has 1 atom stereocenters. The molecule has 1 aromatic carbocycles. The molecule has 0 aliphatic rings. The molecule has 5 nitrogen and oxygen atoms in total. The maximum absolute atomic E-state index is 8.57. The van der Waals surface area contributed by atoms with Crippen LogP contribution in [0.5, 0.6) is 5.75 Å². The first-order valence-corrected chi connectivity index (χ1v) is 6.09. The highest BCUT2D eigenvalue weighted by atomic mass is 16.5. The first-order valence-electron chi connectivity index (χ1n) is 6.09. The molecule has 0 bridgehead atoms. The zero-order valence-corrected chi connectivity index (χ0v) is 11.0. The van der Waals surface area contributed by atoms with Gasteiger partial charge in [-0.25, -0.2) is 0 Å². The van der Waals surface area contributed by atoms with Gasteiger partial charge in [-0.05, 0) is 30.7 Å². The third-order valence-electron chi connectivity index (χ3n) is 2.90. The summed E-state index contributed by atoms with van der Waals surface area (Å²) in [6, 6.07) is 9.58. The van der Waals surface area contributed by atoms with Gasteiger partial charge in [0.2, 0.25) is 11.7 Å². The summed E-state index contributed by atoms with van der Waals surface area (Å²) in [6.45, 7) is 1.97. The minimum Gasteiger partial charge on any atom is -0.497 e. The number of nitriles is 1. The minimum atomic E-state index is 0.0964. The number of methoxy groups -OCH3 is 1. The predicted octanol–water partition coefficient (Wildman–Crippen LogP) is 3.15. The molecule has 5 heteroatoms. The van der Waals surface area contributed by atoms with Gasteiger partial charge >= 0.3 is 0 Å². The van der Waals surface area contributed by atoms with E-state index in [1.165, 1.54) is 0 Å². The van der Waals surface area contributed by atoms with Gasteiger partial charge in [-0.2, -0.15) is 10.2 Å². The maximum Gasteiger partial charge on any atom is 0.229 e. The van der Waals surface area contributed by atoms with Gasteiger partial charge < -0.3 is 9.26 Å². The van der Waals surface area contributed by atoms with Gasteiger partial charge in [-0.3, -0.25) is 0 Å². The Morgan fingerprint density at radius 2 is 2.11 bits per heavy atom. The topological polar surface area (TPSA) is 71.9 Å². The molecule has 19 heavy (non-hydrogen) atoms. The highest BCUT2D eigenvalue weighted by molar-refractivity contribution is 5.55. The molecule has 0 N–H and O–H groups in total.